The Morgan fingerprint density at radius 1 is 1.28 bits per heavy atom. The minimum atomic E-state index is -3.53. The molecule has 29 heavy (non-hydrogen) atoms. The van der Waals surface area contributed by atoms with Crippen LogP contribution in [-0.2, 0) is 14.6 Å². The smallest absolute Gasteiger partial charge is 0.267 e. The first-order valence-electron chi connectivity index (χ1n) is 9.33. The van der Waals surface area contributed by atoms with Crippen LogP contribution >= 0.6 is 0 Å². The summed E-state index contributed by atoms with van der Waals surface area (Å²) >= 11 is 0. The maximum Gasteiger partial charge on any atom is 0.433 e. The molecule has 4 unspecified atom stereocenters. The predicted octanol–water partition coefficient (Wildman–Crippen LogP) is 0.806. The number of hydrogen-bond acceptors (Lipinski definition) is 7. The molecule has 1 aromatic carbocycles. The molecule has 148 valence electrons. The molecule has 0 saturated carbocycles. The minimum Gasteiger partial charge on any atom is -0.267 e. The number of quaternary nitrogens is 1. The fourth-order valence-electron chi connectivity index (χ4n) is 4.95. The van der Waals surface area contributed by atoms with Gasteiger partial charge in [0.25, 0.3) is 5.91 Å². The fourth-order valence-corrected chi connectivity index (χ4v) is 6.65. The standard InChI is InChI=1S/C19H18N5O4S/c1-2-29(27,28)16-10-22-9-15-18(25)23(19(26)24(15,16)11-22)14-6-5-12(8-20)17-13(14)4-3-7-21-17/h3-7,15-16H,2,9-11H2,1H3/q+1. The van der Waals surface area contributed by atoms with Crippen LogP contribution < -0.4 is 4.90 Å². The Bertz CT molecular complexity index is 1240. The number of imide groups is 1. The second-order valence-electron chi connectivity index (χ2n) is 7.63. The Labute approximate surface area is 167 Å². The average Bonchev–Trinajstić information content (AvgIpc) is 3.36. The van der Waals surface area contributed by atoms with Gasteiger partial charge in [-0.05, 0) is 24.3 Å². The van der Waals surface area contributed by atoms with Crippen molar-refractivity contribution in [3.05, 3.63) is 36.0 Å². The third-order valence-electron chi connectivity index (χ3n) is 6.33. The highest BCUT2D eigenvalue weighted by atomic mass is 32.2. The normalized spacial score (nSPS) is 30.8. The van der Waals surface area contributed by atoms with Crippen molar-refractivity contribution < 1.29 is 22.5 Å². The number of benzene rings is 1. The second-order valence-corrected chi connectivity index (χ2v) is 10.1. The summed E-state index contributed by atoms with van der Waals surface area (Å²) in [4.78, 5) is 34.2. The third-order valence-corrected chi connectivity index (χ3v) is 8.49. The maximum atomic E-state index is 13.6. The van der Waals surface area contributed by atoms with E-state index in [2.05, 4.69) is 11.1 Å². The first-order valence-corrected chi connectivity index (χ1v) is 11.0. The van der Waals surface area contributed by atoms with E-state index in [1.807, 2.05) is 4.90 Å². The maximum absolute atomic E-state index is 13.6. The summed E-state index contributed by atoms with van der Waals surface area (Å²) in [6, 6.07) is 7.30. The summed E-state index contributed by atoms with van der Waals surface area (Å²) < 4.78 is 25.1. The number of carbonyl (C=O) groups is 2. The van der Waals surface area contributed by atoms with E-state index in [-0.39, 0.29) is 23.4 Å². The molecule has 0 radical (unpaired) electrons. The van der Waals surface area contributed by atoms with E-state index in [0.29, 0.717) is 28.7 Å². The van der Waals surface area contributed by atoms with Crippen LogP contribution in [0.2, 0.25) is 0 Å². The molecule has 9 nitrogen and oxygen atoms in total. The molecule has 3 aliphatic rings. The summed E-state index contributed by atoms with van der Waals surface area (Å²) in [5.74, 6) is -0.480. The molecule has 4 atom stereocenters. The summed E-state index contributed by atoms with van der Waals surface area (Å²) in [5, 5.41) is 8.93. The molecule has 3 fully saturated rings. The summed E-state index contributed by atoms with van der Waals surface area (Å²) in [6.07, 6.45) is 1.54. The Morgan fingerprint density at radius 3 is 2.79 bits per heavy atom. The lowest BCUT2D eigenvalue weighted by Crippen LogP contribution is -2.62. The lowest BCUT2D eigenvalue weighted by Gasteiger charge is -2.33. The largest absolute Gasteiger partial charge is 0.433 e. The summed E-state index contributed by atoms with van der Waals surface area (Å²) in [7, 11) is -3.53. The van der Waals surface area contributed by atoms with Gasteiger partial charge in [-0.25, -0.2) is 18.1 Å². The predicted molar refractivity (Wildman–Crippen MR) is 103 cm³/mol. The highest BCUT2D eigenvalue weighted by molar-refractivity contribution is 7.91. The molecule has 5 rings (SSSR count). The molecular formula is C19H18N5O4S+. The van der Waals surface area contributed by atoms with Gasteiger partial charge < -0.3 is 0 Å². The van der Waals surface area contributed by atoms with Crippen molar-refractivity contribution >= 4 is 38.4 Å². The Balaban J connectivity index is 1.69. The first kappa shape index (κ1) is 18.2. The Morgan fingerprint density at radius 2 is 2.07 bits per heavy atom. The number of urea groups is 1. The van der Waals surface area contributed by atoms with Gasteiger partial charge in [0.15, 0.2) is 6.04 Å². The molecule has 3 aliphatic heterocycles. The van der Waals surface area contributed by atoms with Crippen LogP contribution in [0.4, 0.5) is 10.5 Å². The van der Waals surface area contributed by atoms with Crippen LogP contribution in [0.5, 0.6) is 0 Å². The number of aromatic nitrogens is 1. The van der Waals surface area contributed by atoms with E-state index in [4.69, 9.17) is 0 Å². The lowest BCUT2D eigenvalue weighted by atomic mass is 10.1. The van der Waals surface area contributed by atoms with Gasteiger partial charge in [-0.3, -0.25) is 9.78 Å². The highest BCUT2D eigenvalue weighted by Gasteiger charge is 2.74. The van der Waals surface area contributed by atoms with E-state index < -0.39 is 33.2 Å². The van der Waals surface area contributed by atoms with Gasteiger partial charge in [-0.15, -0.1) is 0 Å². The topological polar surface area (TPSA) is 111 Å². The van der Waals surface area contributed by atoms with E-state index in [1.54, 1.807) is 31.3 Å². The number of sulfone groups is 1. The lowest BCUT2D eigenvalue weighted by molar-refractivity contribution is -0.848. The minimum absolute atomic E-state index is 0.0799. The van der Waals surface area contributed by atoms with Crippen molar-refractivity contribution in [3.8, 4) is 6.07 Å². The average molecular weight is 412 g/mol. The van der Waals surface area contributed by atoms with Gasteiger partial charge in [-0.2, -0.15) is 14.6 Å². The molecule has 2 bridgehead atoms. The van der Waals surface area contributed by atoms with Crippen LogP contribution in [0.3, 0.4) is 0 Å². The molecule has 0 aliphatic carbocycles. The van der Waals surface area contributed by atoms with Crippen molar-refractivity contribution in [1.82, 2.24) is 9.88 Å². The Kier molecular flexibility index (Phi) is 3.65. The molecule has 1 aromatic heterocycles. The number of carbonyl (C=O) groups excluding carboxylic acids is 2. The van der Waals surface area contributed by atoms with Crippen LogP contribution in [0.15, 0.2) is 30.5 Å². The second kappa shape index (κ2) is 5.82. The number of nitrogens with zero attached hydrogens (tertiary/aromatic N) is 5. The molecule has 3 saturated heterocycles. The van der Waals surface area contributed by atoms with Crippen LogP contribution in [0.25, 0.3) is 10.9 Å². The van der Waals surface area contributed by atoms with Crippen molar-refractivity contribution in [1.29, 1.82) is 5.26 Å². The van der Waals surface area contributed by atoms with Crippen molar-refractivity contribution in [2.75, 3.05) is 30.4 Å². The van der Waals surface area contributed by atoms with Crippen molar-refractivity contribution in [2.24, 2.45) is 0 Å². The van der Waals surface area contributed by atoms with Crippen molar-refractivity contribution in [2.45, 2.75) is 18.3 Å². The van der Waals surface area contributed by atoms with Gasteiger partial charge in [0.2, 0.25) is 15.2 Å². The number of rotatable bonds is 3. The fraction of sp³-hybridized carbons (Fsp3) is 0.368. The Hall–Kier alpha value is -2.87. The molecule has 1 spiro atoms. The number of nitriles is 1. The zero-order valence-corrected chi connectivity index (χ0v) is 16.5. The number of anilines is 1. The molecule has 2 aromatic rings. The number of fused-ring (bicyclic) bond motifs is 2. The highest BCUT2D eigenvalue weighted by Crippen LogP contribution is 2.46. The molecule has 4 heterocycles. The van der Waals surface area contributed by atoms with Crippen LogP contribution in [0, 0.1) is 11.3 Å². The molecule has 0 N–H and O–H groups in total. The summed E-state index contributed by atoms with van der Waals surface area (Å²) in [6.45, 7) is 2.41. The third kappa shape index (κ3) is 2.15. The monoisotopic (exact) mass is 412 g/mol. The zero-order valence-electron chi connectivity index (χ0n) is 15.6. The van der Waals surface area contributed by atoms with Crippen LogP contribution in [0.1, 0.15) is 12.5 Å². The van der Waals surface area contributed by atoms with E-state index in [9.17, 15) is 23.3 Å². The van der Waals surface area contributed by atoms with Gasteiger partial charge in [0.1, 0.15) is 12.7 Å². The number of pyridine rings is 1. The number of hydrogen-bond donors (Lipinski definition) is 0. The zero-order chi connectivity index (χ0) is 20.6. The van der Waals surface area contributed by atoms with Gasteiger partial charge in [-0.1, -0.05) is 6.92 Å². The van der Waals surface area contributed by atoms with Gasteiger partial charge in [0, 0.05) is 11.6 Å². The summed E-state index contributed by atoms with van der Waals surface area (Å²) in [5.41, 5.74) is 1.09. The molecular weight excluding hydrogens is 394 g/mol. The van der Waals surface area contributed by atoms with E-state index in [1.165, 1.54) is 6.07 Å². The quantitative estimate of drug-likeness (QED) is 0.542. The van der Waals surface area contributed by atoms with E-state index in [0.717, 1.165) is 4.90 Å². The number of amides is 3. The number of piperazine rings is 1. The van der Waals surface area contributed by atoms with Gasteiger partial charge in [0.05, 0.1) is 35.6 Å². The SMILES string of the molecule is CCS(=O)(=O)C1CN2CC3C(=O)N(c4ccc(C#N)c5ncccc45)C(=O)[N+]31C2. The first-order chi connectivity index (χ1) is 13.8. The molecule has 3 amide bonds. The molecule has 10 heteroatoms. The van der Waals surface area contributed by atoms with Crippen molar-refractivity contribution in [3.63, 3.8) is 0 Å². The van der Waals surface area contributed by atoms with Crippen LogP contribution in [-0.4, -0.2) is 71.6 Å². The van der Waals surface area contributed by atoms with E-state index >= 15 is 0 Å². The van der Waals surface area contributed by atoms with Gasteiger partial charge >= 0.3 is 6.03 Å².